The third-order valence-corrected chi connectivity index (χ3v) is 7.73. The number of nitrogens with zero attached hydrogens (tertiary/aromatic N) is 1. The third-order valence-electron chi connectivity index (χ3n) is 7.73. The fourth-order valence-electron chi connectivity index (χ4n) is 5.49. The molecule has 3 unspecified atom stereocenters. The van der Waals surface area contributed by atoms with Crippen LogP contribution in [0.25, 0.3) is 10.9 Å². The molecule has 3 atom stereocenters. The molecule has 1 saturated carbocycles. The van der Waals surface area contributed by atoms with E-state index in [1.807, 2.05) is 42.5 Å². The van der Waals surface area contributed by atoms with E-state index in [0.29, 0.717) is 5.92 Å². The van der Waals surface area contributed by atoms with Crippen LogP contribution >= 0.6 is 0 Å². The molecule has 2 aliphatic rings. The Bertz CT molecular complexity index is 1110. The summed E-state index contributed by atoms with van der Waals surface area (Å²) in [6.07, 6.45) is 5.90. The molecule has 0 spiro atoms. The minimum atomic E-state index is -0.925. The third kappa shape index (κ3) is 6.77. The molecule has 0 radical (unpaired) electrons. The van der Waals surface area contributed by atoms with Crippen LogP contribution in [-0.2, 0) is 9.53 Å². The van der Waals surface area contributed by atoms with E-state index >= 15 is 0 Å². The molecule has 1 aliphatic heterocycles. The monoisotopic (exact) mass is 556 g/mol. The molecule has 2 N–H and O–H groups in total. The van der Waals surface area contributed by atoms with E-state index in [-0.39, 0.29) is 40.7 Å². The second-order valence-corrected chi connectivity index (χ2v) is 10.2. The molecule has 2 aromatic carbocycles. The second-order valence-electron chi connectivity index (χ2n) is 10.2. The number of aromatic amines is 1. The van der Waals surface area contributed by atoms with Crippen molar-refractivity contribution in [2.75, 3.05) is 26.7 Å². The molecular formula is C29H37BrN2O4. The number of carboxylic acids is 1. The number of hydrogen-bond acceptors (Lipinski definition) is 3. The maximum Gasteiger partial charge on any atom is 0.352 e. The molecular weight excluding hydrogens is 520 g/mol. The van der Waals surface area contributed by atoms with Crippen molar-refractivity contribution in [1.82, 2.24) is 4.98 Å². The number of aromatic carboxylic acids is 1. The van der Waals surface area contributed by atoms with Crippen molar-refractivity contribution in [2.24, 2.45) is 5.92 Å². The largest absolute Gasteiger partial charge is 1.00 e. The predicted octanol–water partition coefficient (Wildman–Crippen LogP) is 2.61. The van der Waals surface area contributed by atoms with Gasteiger partial charge < -0.3 is 36.3 Å². The van der Waals surface area contributed by atoms with Crippen molar-refractivity contribution in [3.05, 3.63) is 71.9 Å². The van der Waals surface area contributed by atoms with Crippen LogP contribution in [-0.4, -0.2) is 59.3 Å². The number of H-pyrrole nitrogens is 1. The number of benzene rings is 2. The lowest BCUT2D eigenvalue weighted by atomic mass is 9.85. The smallest absolute Gasteiger partial charge is 0.352 e. The summed E-state index contributed by atoms with van der Waals surface area (Å²) in [5.41, 5.74) is 2.22. The van der Waals surface area contributed by atoms with Crippen LogP contribution in [0.15, 0.2) is 60.7 Å². The molecule has 1 aliphatic carbocycles. The summed E-state index contributed by atoms with van der Waals surface area (Å²) < 4.78 is 7.01. The van der Waals surface area contributed by atoms with Gasteiger partial charge in [0.25, 0.3) is 0 Å². The number of carbonyl (C=O) groups is 2. The molecule has 7 heteroatoms. The molecule has 1 aromatic heterocycles. The predicted molar refractivity (Wildman–Crippen MR) is 137 cm³/mol. The van der Waals surface area contributed by atoms with Gasteiger partial charge in [-0.1, -0.05) is 61.4 Å². The molecule has 0 amide bonds. The first-order valence-corrected chi connectivity index (χ1v) is 12.8. The van der Waals surface area contributed by atoms with E-state index in [2.05, 4.69) is 31.1 Å². The van der Waals surface area contributed by atoms with Crippen molar-refractivity contribution in [2.45, 2.75) is 51.0 Å². The Balaban J connectivity index is 0.000000234. The highest BCUT2D eigenvalue weighted by Crippen LogP contribution is 2.38. The maximum absolute atomic E-state index is 13.0. The van der Waals surface area contributed by atoms with Crippen molar-refractivity contribution in [1.29, 1.82) is 0 Å². The summed E-state index contributed by atoms with van der Waals surface area (Å²) in [6, 6.07) is 19.3. The number of rotatable bonds is 6. The van der Waals surface area contributed by atoms with Gasteiger partial charge in [0.1, 0.15) is 12.2 Å². The van der Waals surface area contributed by atoms with Crippen LogP contribution < -0.4 is 17.0 Å². The van der Waals surface area contributed by atoms with Gasteiger partial charge in [0, 0.05) is 17.3 Å². The van der Waals surface area contributed by atoms with Crippen LogP contribution in [0.3, 0.4) is 0 Å². The zero-order chi connectivity index (χ0) is 24.8. The lowest BCUT2D eigenvalue weighted by molar-refractivity contribution is -0.897. The van der Waals surface area contributed by atoms with E-state index in [9.17, 15) is 9.59 Å². The van der Waals surface area contributed by atoms with Gasteiger partial charge in [-0.25, -0.2) is 4.79 Å². The average Bonchev–Trinajstić information content (AvgIpc) is 3.61. The average molecular weight is 558 g/mol. The number of nitrogens with one attached hydrogen (secondary N) is 1. The number of ether oxygens (including phenoxy) is 1. The number of likely N-dealkylation sites (tertiary alicyclic amines) is 1. The Morgan fingerprint density at radius 2 is 1.72 bits per heavy atom. The summed E-state index contributed by atoms with van der Waals surface area (Å²) in [5.74, 6) is -0.526. The lowest BCUT2D eigenvalue weighted by Crippen LogP contribution is -3.00. The summed E-state index contributed by atoms with van der Waals surface area (Å²) in [6.45, 7) is 5.41. The van der Waals surface area contributed by atoms with Crippen molar-refractivity contribution >= 4 is 22.8 Å². The number of carbonyl (C=O) groups excluding carboxylic acids is 1. The number of aromatic nitrogens is 1. The van der Waals surface area contributed by atoms with Gasteiger partial charge in [-0.05, 0) is 43.4 Å². The standard InChI is InChI=1S/C20H30NO2.C9H7NO2.BrH/c1-3-21(2)14-13-18(15-21)23-20(22)19(17-11-7-8-12-17)16-9-5-4-6-10-16;11-9(12)8-5-6-3-1-2-4-7(6)10-8;/h4-6,9-10,17-19H,3,7-8,11-15H2,1-2H3;1-5,10H,(H,11,12);1H/q+1;;/p-1. The van der Waals surface area contributed by atoms with E-state index in [1.165, 1.54) is 12.8 Å². The first-order chi connectivity index (χ1) is 16.9. The summed E-state index contributed by atoms with van der Waals surface area (Å²) >= 11 is 0. The quantitative estimate of drug-likeness (QED) is 0.361. The fraction of sp³-hybridized carbons (Fsp3) is 0.448. The van der Waals surface area contributed by atoms with Gasteiger partial charge in [-0.3, -0.25) is 4.79 Å². The normalized spacial score (nSPS) is 22.3. The number of esters is 1. The topological polar surface area (TPSA) is 79.4 Å². The zero-order valence-corrected chi connectivity index (χ0v) is 22.7. The summed E-state index contributed by atoms with van der Waals surface area (Å²) in [5, 5.41) is 9.58. The van der Waals surface area contributed by atoms with Crippen LogP contribution in [0.1, 0.15) is 61.0 Å². The first kappa shape index (κ1) is 27.9. The minimum Gasteiger partial charge on any atom is -1.00 e. The molecule has 36 heavy (non-hydrogen) atoms. The molecule has 2 fully saturated rings. The first-order valence-electron chi connectivity index (χ1n) is 12.8. The van der Waals surface area contributed by atoms with Gasteiger partial charge in [0.15, 0.2) is 6.10 Å². The molecule has 194 valence electrons. The molecule has 0 bridgehead atoms. The Labute approximate surface area is 224 Å². The number of carboxylic acid groups (broad SMARTS) is 1. The number of quaternary nitrogens is 1. The van der Waals surface area contributed by atoms with E-state index in [1.54, 1.807) is 6.07 Å². The Hall–Kier alpha value is -2.64. The highest BCUT2D eigenvalue weighted by molar-refractivity contribution is 5.93. The fourth-order valence-corrected chi connectivity index (χ4v) is 5.49. The van der Waals surface area contributed by atoms with Crippen molar-refractivity contribution in [3.8, 4) is 0 Å². The Kier molecular flexibility index (Phi) is 9.74. The van der Waals surface area contributed by atoms with Gasteiger partial charge in [-0.2, -0.15) is 0 Å². The Morgan fingerprint density at radius 1 is 1.06 bits per heavy atom. The SMILES string of the molecule is CC[N+]1(C)CCC(OC(=O)C(c2ccccc2)C2CCCC2)C1.O=C(O)c1cc2ccccc2[nH]1.[Br-]. The van der Waals surface area contributed by atoms with Crippen LogP contribution in [0.4, 0.5) is 0 Å². The van der Waals surface area contributed by atoms with E-state index in [0.717, 1.165) is 59.8 Å². The van der Waals surface area contributed by atoms with E-state index < -0.39 is 5.97 Å². The second kappa shape index (κ2) is 12.5. The highest BCUT2D eigenvalue weighted by Gasteiger charge is 2.39. The summed E-state index contributed by atoms with van der Waals surface area (Å²) in [7, 11) is 2.26. The minimum absolute atomic E-state index is 0. The number of para-hydroxylation sites is 1. The molecule has 5 rings (SSSR count). The number of fused-ring (bicyclic) bond motifs is 1. The summed E-state index contributed by atoms with van der Waals surface area (Å²) in [4.78, 5) is 26.3. The molecule has 3 aromatic rings. The molecule has 2 heterocycles. The van der Waals surface area contributed by atoms with Crippen LogP contribution in [0.5, 0.6) is 0 Å². The molecule has 1 saturated heterocycles. The molecule has 6 nitrogen and oxygen atoms in total. The number of likely N-dealkylation sites (N-methyl/N-ethyl adjacent to an activating group) is 1. The van der Waals surface area contributed by atoms with Crippen molar-refractivity contribution in [3.63, 3.8) is 0 Å². The van der Waals surface area contributed by atoms with E-state index in [4.69, 9.17) is 9.84 Å². The number of halogens is 1. The van der Waals surface area contributed by atoms with Gasteiger partial charge >= 0.3 is 11.9 Å². The maximum atomic E-state index is 13.0. The van der Waals surface area contributed by atoms with Crippen LogP contribution in [0, 0.1) is 5.92 Å². The highest BCUT2D eigenvalue weighted by atomic mass is 79.9. The van der Waals surface area contributed by atoms with Gasteiger partial charge in [0.05, 0.1) is 26.1 Å². The zero-order valence-electron chi connectivity index (χ0n) is 21.2. The van der Waals surface area contributed by atoms with Crippen LogP contribution in [0.2, 0.25) is 0 Å². The van der Waals surface area contributed by atoms with Gasteiger partial charge in [-0.15, -0.1) is 0 Å². The number of hydrogen-bond donors (Lipinski definition) is 2. The Morgan fingerprint density at radius 3 is 2.33 bits per heavy atom. The lowest BCUT2D eigenvalue weighted by Gasteiger charge is -2.28. The van der Waals surface area contributed by atoms with Gasteiger partial charge in [0.2, 0.25) is 0 Å². The van der Waals surface area contributed by atoms with Crippen molar-refractivity contribution < 1.29 is 40.9 Å².